The minimum absolute atomic E-state index is 0.0483. The number of nitrogens with one attached hydrogen (secondary N) is 1. The predicted molar refractivity (Wildman–Crippen MR) is 73.2 cm³/mol. The molecule has 0 aromatic heterocycles. The second kappa shape index (κ2) is 6.53. The van der Waals surface area contributed by atoms with Crippen molar-refractivity contribution in [1.29, 1.82) is 0 Å². The molecule has 1 aliphatic carbocycles. The zero-order valence-electron chi connectivity index (χ0n) is 11.5. The predicted octanol–water partition coefficient (Wildman–Crippen LogP) is 1.10. The molecule has 3 N–H and O–H groups in total. The third kappa shape index (κ3) is 3.69. The van der Waals surface area contributed by atoms with Gasteiger partial charge in [0.1, 0.15) is 0 Å². The summed E-state index contributed by atoms with van der Waals surface area (Å²) >= 11 is 0. The van der Waals surface area contributed by atoms with E-state index in [0.29, 0.717) is 6.04 Å². The van der Waals surface area contributed by atoms with Crippen molar-refractivity contribution in [2.45, 2.75) is 57.0 Å². The Morgan fingerprint density at radius 3 is 2.50 bits per heavy atom. The molecule has 1 saturated carbocycles. The van der Waals surface area contributed by atoms with Crippen LogP contribution in [0.25, 0.3) is 0 Å². The zero-order chi connectivity index (χ0) is 13.0. The lowest BCUT2D eigenvalue weighted by atomic mass is 9.93. The van der Waals surface area contributed by atoms with E-state index in [4.69, 9.17) is 5.73 Å². The molecule has 0 bridgehead atoms. The Balaban J connectivity index is 1.82. The summed E-state index contributed by atoms with van der Waals surface area (Å²) in [6.07, 6.45) is 7.68. The summed E-state index contributed by atoms with van der Waals surface area (Å²) < 4.78 is 0. The number of nitrogens with zero attached hydrogens (tertiary/aromatic N) is 1. The minimum atomic E-state index is 0.0483. The van der Waals surface area contributed by atoms with Crippen molar-refractivity contribution in [3.63, 3.8) is 0 Å². The van der Waals surface area contributed by atoms with E-state index in [2.05, 4.69) is 17.3 Å². The number of piperidine rings is 1. The fourth-order valence-electron chi connectivity index (χ4n) is 3.12. The van der Waals surface area contributed by atoms with Gasteiger partial charge in [-0.25, -0.2) is 0 Å². The van der Waals surface area contributed by atoms with E-state index in [0.717, 1.165) is 45.2 Å². The SMILES string of the molecule is CN1CCC(NC(=O)C2CCCCCC2N)CC1. The molecule has 4 heteroatoms. The Morgan fingerprint density at radius 1 is 1.11 bits per heavy atom. The summed E-state index contributed by atoms with van der Waals surface area (Å²) in [4.78, 5) is 14.6. The molecule has 2 atom stereocenters. The summed E-state index contributed by atoms with van der Waals surface area (Å²) in [5, 5.41) is 3.22. The molecule has 2 unspecified atom stereocenters. The summed E-state index contributed by atoms with van der Waals surface area (Å²) in [7, 11) is 2.14. The number of rotatable bonds is 2. The van der Waals surface area contributed by atoms with Gasteiger partial charge in [-0.3, -0.25) is 4.79 Å². The second-order valence-electron chi connectivity index (χ2n) is 5.99. The molecule has 1 amide bonds. The zero-order valence-corrected chi connectivity index (χ0v) is 11.5. The van der Waals surface area contributed by atoms with Gasteiger partial charge in [-0.2, -0.15) is 0 Å². The maximum absolute atomic E-state index is 12.3. The quantitative estimate of drug-likeness (QED) is 0.725. The molecule has 1 heterocycles. The van der Waals surface area contributed by atoms with Gasteiger partial charge < -0.3 is 16.0 Å². The number of likely N-dealkylation sites (tertiary alicyclic amines) is 1. The van der Waals surface area contributed by atoms with Gasteiger partial charge in [0.2, 0.25) is 5.91 Å². The van der Waals surface area contributed by atoms with Crippen LogP contribution in [-0.4, -0.2) is 43.0 Å². The molecule has 104 valence electrons. The van der Waals surface area contributed by atoms with Crippen LogP contribution in [-0.2, 0) is 4.79 Å². The van der Waals surface area contributed by atoms with Crippen LogP contribution in [0, 0.1) is 5.92 Å². The van der Waals surface area contributed by atoms with Crippen molar-refractivity contribution in [3.05, 3.63) is 0 Å². The Hall–Kier alpha value is -0.610. The van der Waals surface area contributed by atoms with Crippen molar-refractivity contribution in [2.24, 2.45) is 11.7 Å². The molecule has 1 saturated heterocycles. The first kappa shape index (κ1) is 13.8. The Kier molecular flexibility index (Phi) is 5.01. The first-order valence-electron chi connectivity index (χ1n) is 7.41. The van der Waals surface area contributed by atoms with Gasteiger partial charge in [-0.05, 0) is 45.8 Å². The maximum Gasteiger partial charge on any atom is 0.224 e. The summed E-state index contributed by atoms with van der Waals surface area (Å²) in [5.41, 5.74) is 6.14. The van der Waals surface area contributed by atoms with Gasteiger partial charge >= 0.3 is 0 Å². The third-order valence-corrected chi connectivity index (χ3v) is 4.47. The Morgan fingerprint density at radius 2 is 1.78 bits per heavy atom. The van der Waals surface area contributed by atoms with Crippen LogP contribution in [0.15, 0.2) is 0 Å². The number of hydrogen-bond acceptors (Lipinski definition) is 3. The highest BCUT2D eigenvalue weighted by atomic mass is 16.2. The van der Waals surface area contributed by atoms with E-state index < -0.39 is 0 Å². The standard InChI is InChI=1S/C14H27N3O/c1-17-9-7-11(8-10-17)16-14(18)12-5-3-2-4-6-13(12)15/h11-13H,2-10,15H2,1H3,(H,16,18). The normalized spacial score (nSPS) is 31.9. The van der Waals surface area contributed by atoms with Gasteiger partial charge in [0.05, 0.1) is 5.92 Å². The van der Waals surface area contributed by atoms with Crippen molar-refractivity contribution in [3.8, 4) is 0 Å². The van der Waals surface area contributed by atoms with Crippen molar-refractivity contribution in [2.75, 3.05) is 20.1 Å². The molecular weight excluding hydrogens is 226 g/mol. The molecule has 0 spiro atoms. The number of amides is 1. The molecule has 18 heavy (non-hydrogen) atoms. The van der Waals surface area contributed by atoms with Crippen LogP contribution in [0.5, 0.6) is 0 Å². The Bertz CT molecular complexity index is 274. The molecule has 2 fully saturated rings. The lowest BCUT2D eigenvalue weighted by Gasteiger charge is -2.31. The average molecular weight is 253 g/mol. The van der Waals surface area contributed by atoms with E-state index in [1.165, 1.54) is 12.8 Å². The summed E-state index contributed by atoms with van der Waals surface area (Å²) in [6, 6.07) is 0.433. The van der Waals surface area contributed by atoms with Crippen LogP contribution in [0.2, 0.25) is 0 Å². The van der Waals surface area contributed by atoms with Crippen LogP contribution in [0.3, 0.4) is 0 Å². The van der Waals surface area contributed by atoms with E-state index in [-0.39, 0.29) is 17.9 Å². The largest absolute Gasteiger partial charge is 0.353 e. The van der Waals surface area contributed by atoms with Gasteiger partial charge in [-0.15, -0.1) is 0 Å². The number of carbonyl (C=O) groups excluding carboxylic acids is 1. The van der Waals surface area contributed by atoms with Crippen molar-refractivity contribution in [1.82, 2.24) is 10.2 Å². The van der Waals surface area contributed by atoms with E-state index in [1.807, 2.05) is 0 Å². The van der Waals surface area contributed by atoms with Crippen molar-refractivity contribution >= 4 is 5.91 Å². The highest BCUT2D eigenvalue weighted by Crippen LogP contribution is 2.23. The lowest BCUT2D eigenvalue weighted by molar-refractivity contribution is -0.126. The molecule has 0 aromatic carbocycles. The second-order valence-corrected chi connectivity index (χ2v) is 5.99. The van der Waals surface area contributed by atoms with Crippen LogP contribution in [0.4, 0.5) is 0 Å². The molecule has 0 radical (unpaired) electrons. The van der Waals surface area contributed by atoms with Gasteiger partial charge in [0.15, 0.2) is 0 Å². The number of carbonyl (C=O) groups is 1. The fraction of sp³-hybridized carbons (Fsp3) is 0.929. The fourth-order valence-corrected chi connectivity index (χ4v) is 3.12. The number of nitrogens with two attached hydrogens (primary N) is 1. The molecule has 2 aliphatic rings. The molecule has 0 aromatic rings. The first-order chi connectivity index (χ1) is 8.66. The number of hydrogen-bond donors (Lipinski definition) is 2. The van der Waals surface area contributed by atoms with Crippen molar-refractivity contribution < 1.29 is 4.79 Å². The van der Waals surface area contributed by atoms with Gasteiger partial charge in [0, 0.05) is 12.1 Å². The van der Waals surface area contributed by atoms with Gasteiger partial charge in [-0.1, -0.05) is 19.3 Å². The van der Waals surface area contributed by atoms with E-state index in [9.17, 15) is 4.79 Å². The average Bonchev–Trinajstić information content (AvgIpc) is 2.57. The van der Waals surface area contributed by atoms with Crippen LogP contribution < -0.4 is 11.1 Å². The molecule has 4 nitrogen and oxygen atoms in total. The Labute approximate surface area is 110 Å². The topological polar surface area (TPSA) is 58.4 Å². The maximum atomic E-state index is 12.3. The van der Waals surface area contributed by atoms with Crippen LogP contribution in [0.1, 0.15) is 44.9 Å². The van der Waals surface area contributed by atoms with Gasteiger partial charge in [0.25, 0.3) is 0 Å². The molecule has 2 rings (SSSR count). The highest BCUT2D eigenvalue weighted by Gasteiger charge is 2.29. The van der Waals surface area contributed by atoms with E-state index >= 15 is 0 Å². The van der Waals surface area contributed by atoms with E-state index in [1.54, 1.807) is 0 Å². The first-order valence-corrected chi connectivity index (χ1v) is 7.41. The molecular formula is C14H27N3O. The van der Waals surface area contributed by atoms with Crippen LogP contribution >= 0.6 is 0 Å². The minimum Gasteiger partial charge on any atom is -0.353 e. The summed E-state index contributed by atoms with van der Waals surface area (Å²) in [5.74, 6) is 0.256. The highest BCUT2D eigenvalue weighted by molar-refractivity contribution is 5.79. The summed E-state index contributed by atoms with van der Waals surface area (Å²) in [6.45, 7) is 2.17. The lowest BCUT2D eigenvalue weighted by Crippen LogP contribution is -2.48. The monoisotopic (exact) mass is 253 g/mol. The molecule has 1 aliphatic heterocycles. The smallest absolute Gasteiger partial charge is 0.224 e. The third-order valence-electron chi connectivity index (χ3n) is 4.47.